The summed E-state index contributed by atoms with van der Waals surface area (Å²) < 4.78 is 50.0. The molecule has 0 radical (unpaired) electrons. The molecule has 4 atom stereocenters. The maximum atomic E-state index is 17.1. The van der Waals surface area contributed by atoms with E-state index in [1.807, 2.05) is 152 Å². The van der Waals surface area contributed by atoms with Crippen LogP contribution in [-0.2, 0) is 56.7 Å². The number of hydrogen-bond acceptors (Lipinski definition) is 5. The Kier molecular flexibility index (Phi) is 11.9. The third-order valence-corrected chi connectivity index (χ3v) is 8.35. The minimum absolute atomic E-state index is 0.212. The second-order valence-electron chi connectivity index (χ2n) is 11.8. The van der Waals surface area contributed by atoms with Crippen LogP contribution >= 0.6 is 0 Å². The topological polar surface area (TPSA) is 46.2 Å². The Labute approximate surface area is 276 Å². The Morgan fingerprint density at radius 3 is 0.723 bits per heavy atom. The van der Waals surface area contributed by atoms with Crippen molar-refractivity contribution in [3.05, 3.63) is 179 Å². The summed E-state index contributed by atoms with van der Waals surface area (Å²) in [5, 5.41) is 0. The van der Waals surface area contributed by atoms with Gasteiger partial charge in [0.1, 0.15) is 30.5 Å². The predicted molar refractivity (Wildman–Crippen MR) is 180 cm³/mol. The highest BCUT2D eigenvalue weighted by atomic mass is 19.1. The van der Waals surface area contributed by atoms with E-state index >= 15 is 4.39 Å². The summed E-state index contributed by atoms with van der Waals surface area (Å²) in [4.78, 5) is 0. The molecule has 1 aliphatic rings. The molecule has 0 aromatic heterocycles. The van der Waals surface area contributed by atoms with Gasteiger partial charge < -0.3 is 23.7 Å². The summed E-state index contributed by atoms with van der Waals surface area (Å²) in [6.07, 6.45) is -5.85. The molecule has 4 unspecified atom stereocenters. The molecule has 242 valence electrons. The van der Waals surface area contributed by atoms with Crippen molar-refractivity contribution in [2.45, 2.75) is 69.7 Å². The molecule has 0 heterocycles. The molecule has 0 spiro atoms. The van der Waals surface area contributed by atoms with Crippen LogP contribution in [0.2, 0.25) is 0 Å². The molecule has 0 bridgehead atoms. The van der Waals surface area contributed by atoms with Gasteiger partial charge in [0.05, 0.1) is 33.0 Å². The van der Waals surface area contributed by atoms with Crippen LogP contribution in [-0.4, -0.2) is 36.7 Å². The Morgan fingerprint density at radius 1 is 0.298 bits per heavy atom. The average molecular weight is 633 g/mol. The van der Waals surface area contributed by atoms with Crippen LogP contribution in [0, 0.1) is 0 Å². The third kappa shape index (κ3) is 9.22. The smallest absolute Gasteiger partial charge is 0.157 e. The van der Waals surface area contributed by atoms with E-state index in [0.717, 1.165) is 27.8 Å². The van der Waals surface area contributed by atoms with E-state index in [0.29, 0.717) is 0 Å². The van der Waals surface area contributed by atoms with Gasteiger partial charge >= 0.3 is 0 Å². The Hall–Kier alpha value is -4.17. The Bertz CT molecular complexity index is 1470. The first-order valence-electron chi connectivity index (χ1n) is 16.2. The van der Waals surface area contributed by atoms with Gasteiger partial charge in [-0.25, -0.2) is 4.39 Å². The highest BCUT2D eigenvalue weighted by molar-refractivity contribution is 5.18. The molecular weight excluding hydrogens is 591 g/mol. The quantitative estimate of drug-likeness (QED) is 0.116. The van der Waals surface area contributed by atoms with Crippen LogP contribution in [0.25, 0.3) is 0 Å². The number of ether oxygens (including phenoxy) is 5. The molecule has 47 heavy (non-hydrogen) atoms. The van der Waals surface area contributed by atoms with E-state index in [2.05, 4.69) is 0 Å². The van der Waals surface area contributed by atoms with E-state index < -0.39 is 36.7 Å². The molecule has 0 aliphatic heterocycles. The van der Waals surface area contributed by atoms with Gasteiger partial charge in [0.15, 0.2) is 6.17 Å². The normalized spacial score (nSPS) is 22.6. The van der Waals surface area contributed by atoms with Gasteiger partial charge in [-0.15, -0.1) is 0 Å². The number of hydrogen-bond donors (Lipinski definition) is 0. The number of alkyl halides is 1. The van der Waals surface area contributed by atoms with Gasteiger partial charge in [0.25, 0.3) is 0 Å². The van der Waals surface area contributed by atoms with Crippen molar-refractivity contribution in [3.8, 4) is 0 Å². The summed E-state index contributed by atoms with van der Waals surface area (Å²) in [5.74, 6) is 0. The fourth-order valence-electron chi connectivity index (χ4n) is 5.89. The van der Waals surface area contributed by atoms with Crippen molar-refractivity contribution in [2.24, 2.45) is 0 Å². The van der Waals surface area contributed by atoms with E-state index in [1.165, 1.54) is 0 Å². The van der Waals surface area contributed by atoms with Crippen molar-refractivity contribution in [3.63, 3.8) is 0 Å². The van der Waals surface area contributed by atoms with Crippen LogP contribution in [0.4, 0.5) is 4.39 Å². The molecular formula is C41H41FO5. The molecule has 0 saturated heterocycles. The average Bonchev–Trinajstić information content (AvgIpc) is 3.14. The van der Waals surface area contributed by atoms with Crippen molar-refractivity contribution < 1.29 is 28.1 Å². The van der Waals surface area contributed by atoms with E-state index in [9.17, 15) is 0 Å². The zero-order valence-corrected chi connectivity index (χ0v) is 26.4. The van der Waals surface area contributed by atoms with E-state index in [-0.39, 0.29) is 33.0 Å². The van der Waals surface area contributed by atoms with Crippen molar-refractivity contribution in [2.75, 3.05) is 0 Å². The zero-order valence-electron chi connectivity index (χ0n) is 26.4. The molecule has 5 aromatic carbocycles. The standard InChI is InChI=1S/C41H41FO5/c42-36-37(43-26-31-16-6-1-7-17-31)39(45-28-33-20-10-3-11-21-33)41(47-30-35-24-14-5-15-25-35)40(46-29-34-22-12-4-13-23-34)38(36)44-27-32-18-8-2-9-19-32/h1-25,36-41H,26-30H2. The first-order chi connectivity index (χ1) is 23.2. The fraction of sp³-hybridized carbons (Fsp3) is 0.268. The molecule has 0 N–H and O–H groups in total. The maximum absolute atomic E-state index is 17.1. The summed E-state index contributed by atoms with van der Waals surface area (Å²) in [7, 11) is 0. The van der Waals surface area contributed by atoms with Gasteiger partial charge in [-0.1, -0.05) is 152 Å². The van der Waals surface area contributed by atoms with E-state index in [4.69, 9.17) is 23.7 Å². The van der Waals surface area contributed by atoms with Crippen molar-refractivity contribution in [1.29, 1.82) is 0 Å². The van der Waals surface area contributed by atoms with Gasteiger partial charge in [-0.3, -0.25) is 0 Å². The zero-order chi connectivity index (χ0) is 32.1. The molecule has 5 nitrogen and oxygen atoms in total. The van der Waals surface area contributed by atoms with Crippen LogP contribution in [0.15, 0.2) is 152 Å². The molecule has 1 saturated carbocycles. The molecule has 6 heteroatoms. The first-order valence-corrected chi connectivity index (χ1v) is 16.2. The number of halogens is 1. The number of rotatable bonds is 15. The molecule has 1 aliphatic carbocycles. The lowest BCUT2D eigenvalue weighted by Gasteiger charge is -2.47. The monoisotopic (exact) mass is 632 g/mol. The third-order valence-electron chi connectivity index (χ3n) is 8.35. The summed E-state index contributed by atoms with van der Waals surface area (Å²) in [6, 6.07) is 49.2. The lowest BCUT2D eigenvalue weighted by atomic mass is 9.84. The minimum Gasteiger partial charge on any atom is -0.368 e. The highest BCUT2D eigenvalue weighted by Gasteiger charge is 2.55. The summed E-state index contributed by atoms with van der Waals surface area (Å²) >= 11 is 0. The van der Waals surface area contributed by atoms with Gasteiger partial charge in [-0.2, -0.15) is 0 Å². The van der Waals surface area contributed by atoms with Crippen LogP contribution in [0.3, 0.4) is 0 Å². The fourth-order valence-corrected chi connectivity index (χ4v) is 5.89. The summed E-state index contributed by atoms with van der Waals surface area (Å²) in [5.41, 5.74) is 4.80. The van der Waals surface area contributed by atoms with Crippen molar-refractivity contribution in [1.82, 2.24) is 0 Å². The summed E-state index contributed by atoms with van der Waals surface area (Å²) in [6.45, 7) is 1.23. The molecule has 5 aromatic rings. The van der Waals surface area contributed by atoms with Gasteiger partial charge in [-0.05, 0) is 27.8 Å². The Morgan fingerprint density at radius 2 is 0.489 bits per heavy atom. The van der Waals surface area contributed by atoms with Crippen LogP contribution in [0.1, 0.15) is 27.8 Å². The first kappa shape index (κ1) is 32.8. The lowest BCUT2D eigenvalue weighted by molar-refractivity contribution is -0.271. The molecule has 0 amide bonds. The lowest BCUT2D eigenvalue weighted by Crippen LogP contribution is -2.65. The van der Waals surface area contributed by atoms with Crippen LogP contribution in [0.5, 0.6) is 0 Å². The van der Waals surface area contributed by atoms with Crippen LogP contribution < -0.4 is 0 Å². The molecule has 6 rings (SSSR count). The van der Waals surface area contributed by atoms with Gasteiger partial charge in [0, 0.05) is 0 Å². The number of benzene rings is 5. The highest BCUT2D eigenvalue weighted by Crippen LogP contribution is 2.36. The predicted octanol–water partition coefficient (Wildman–Crippen LogP) is 8.27. The minimum atomic E-state index is -1.57. The SMILES string of the molecule is FC1C(OCc2ccccc2)C(OCc2ccccc2)C(OCc2ccccc2)C(OCc2ccccc2)C1OCc1ccccc1. The van der Waals surface area contributed by atoms with Crippen molar-refractivity contribution >= 4 is 0 Å². The second-order valence-corrected chi connectivity index (χ2v) is 11.8. The maximum Gasteiger partial charge on any atom is 0.157 e. The Balaban J connectivity index is 1.35. The second kappa shape index (κ2) is 17.1. The largest absolute Gasteiger partial charge is 0.368 e. The van der Waals surface area contributed by atoms with E-state index in [1.54, 1.807) is 0 Å². The molecule has 1 fully saturated rings. The van der Waals surface area contributed by atoms with Gasteiger partial charge in [0.2, 0.25) is 0 Å².